The fourth-order valence-electron chi connectivity index (χ4n) is 4.95. The number of phenolic OH excluding ortho intramolecular Hbond substituents is 1. The van der Waals surface area contributed by atoms with Crippen LogP contribution in [0.15, 0.2) is 142 Å². The zero-order valence-electron chi connectivity index (χ0n) is 31.6. The molecule has 0 aliphatic rings. The Labute approximate surface area is 250 Å². The van der Waals surface area contributed by atoms with Crippen molar-refractivity contribution in [3.8, 4) is 33.8 Å². The van der Waals surface area contributed by atoms with Crippen LogP contribution in [0.4, 0.5) is 0 Å². The predicted molar refractivity (Wildman–Crippen MR) is 167 cm³/mol. The molecular formula is C37H26O4. The Hall–Kier alpha value is -5.48. The molecule has 198 valence electrons. The molecule has 6 aromatic carbocycles. The molecular weight excluding hydrogens is 508 g/mol. The van der Waals surface area contributed by atoms with Crippen LogP contribution in [0.2, 0.25) is 0 Å². The number of benzene rings is 6. The minimum absolute atomic E-state index is 0.0671. The van der Waals surface area contributed by atoms with Gasteiger partial charge in [-0.05, 0) is 47.5 Å². The van der Waals surface area contributed by atoms with E-state index >= 15 is 0 Å². The lowest BCUT2D eigenvalue weighted by Crippen LogP contribution is -1.88. The van der Waals surface area contributed by atoms with Crippen molar-refractivity contribution < 1.29 is 32.4 Å². The van der Waals surface area contributed by atoms with Gasteiger partial charge >= 0.3 is 0 Å². The lowest BCUT2D eigenvalue weighted by molar-refractivity contribution is 0.416. The monoisotopic (exact) mass is 544 g/mol. The highest BCUT2D eigenvalue weighted by atomic mass is 16.5. The predicted octanol–water partition coefficient (Wildman–Crippen LogP) is 10.2. The molecule has 4 heteroatoms. The summed E-state index contributed by atoms with van der Waals surface area (Å²) in [6.07, 6.45) is 0. The zero-order chi connectivity index (χ0) is 36.5. The van der Waals surface area contributed by atoms with Gasteiger partial charge in [0.25, 0.3) is 0 Å². The maximum atomic E-state index is 10.4. The van der Waals surface area contributed by atoms with Gasteiger partial charge in [-0.2, -0.15) is 0 Å². The van der Waals surface area contributed by atoms with E-state index in [2.05, 4.69) is 0 Å². The quantitative estimate of drug-likeness (QED) is 0.240. The third kappa shape index (κ3) is 4.26. The number of methoxy groups -OCH3 is 1. The van der Waals surface area contributed by atoms with Gasteiger partial charge < -0.3 is 18.7 Å². The largest absolute Gasteiger partial charge is 0.507 e. The minimum Gasteiger partial charge on any atom is -0.507 e. The topological polar surface area (TPSA) is 55.7 Å². The summed E-state index contributed by atoms with van der Waals surface area (Å²) in [5, 5.41) is 13.6. The first kappa shape index (κ1) is 15.9. The van der Waals surface area contributed by atoms with Gasteiger partial charge in [-0.3, -0.25) is 0 Å². The summed E-state index contributed by atoms with van der Waals surface area (Å²) in [4.78, 5) is 0. The number of para-hydroxylation sites is 2. The summed E-state index contributed by atoms with van der Waals surface area (Å²) < 4.78 is 97.2. The number of furan rings is 2. The van der Waals surface area contributed by atoms with Gasteiger partial charge in [0.05, 0.1) is 31.9 Å². The van der Waals surface area contributed by atoms with Crippen molar-refractivity contribution in [1.82, 2.24) is 0 Å². The van der Waals surface area contributed by atoms with E-state index in [9.17, 15) is 5.11 Å². The van der Waals surface area contributed by atoms with Crippen molar-refractivity contribution in [3.63, 3.8) is 0 Å². The van der Waals surface area contributed by atoms with Crippen LogP contribution < -0.4 is 4.74 Å². The van der Waals surface area contributed by atoms with Crippen molar-refractivity contribution in [2.75, 3.05) is 7.11 Å². The Balaban J connectivity index is 0.000000159. The molecule has 0 atom stereocenters. The Morgan fingerprint density at radius 2 is 1.05 bits per heavy atom. The number of hydrogen-bond donors (Lipinski definition) is 1. The van der Waals surface area contributed by atoms with E-state index in [-0.39, 0.29) is 46.6 Å². The average Bonchev–Trinajstić information content (AvgIpc) is 3.71. The van der Waals surface area contributed by atoms with Gasteiger partial charge in [0.2, 0.25) is 0 Å². The second-order valence-electron chi connectivity index (χ2n) is 9.05. The molecule has 0 saturated heterocycles. The molecule has 0 saturated carbocycles. The molecule has 0 aliphatic carbocycles. The fourth-order valence-corrected chi connectivity index (χ4v) is 4.95. The number of fused-ring (bicyclic) bond motifs is 6. The number of rotatable bonds is 3. The van der Waals surface area contributed by atoms with Gasteiger partial charge in [-0.25, -0.2) is 0 Å². The summed E-state index contributed by atoms with van der Waals surface area (Å²) in [6, 6.07) is 17.6. The van der Waals surface area contributed by atoms with Crippen LogP contribution in [0.3, 0.4) is 0 Å². The zero-order valence-corrected chi connectivity index (χ0v) is 21.6. The SMILES string of the molecule is [2H]c1c([2H])c([2H])c(-c2c(O)ccc3c2oc2ccccc23)c([2H])c1[2H].[2H]c1c([2H])c([2H])c(-c2c(OC)ccc3c2oc2ccccc23)c([2H])c1[2H]. The Kier molecular flexibility index (Phi) is 3.99. The molecule has 0 aliphatic heterocycles. The van der Waals surface area contributed by atoms with Crippen molar-refractivity contribution in [3.05, 3.63) is 133 Å². The first-order chi connectivity index (χ1) is 24.4. The molecule has 2 heterocycles. The van der Waals surface area contributed by atoms with E-state index in [1.54, 1.807) is 18.2 Å². The van der Waals surface area contributed by atoms with Crippen LogP contribution in [0.25, 0.3) is 66.1 Å². The normalized spacial score (nSPS) is 14.6. The Morgan fingerprint density at radius 3 is 1.61 bits per heavy atom. The Morgan fingerprint density at radius 1 is 0.561 bits per heavy atom. The van der Waals surface area contributed by atoms with Crippen LogP contribution in [0, 0.1) is 0 Å². The van der Waals surface area contributed by atoms with Crippen molar-refractivity contribution in [1.29, 1.82) is 0 Å². The van der Waals surface area contributed by atoms with Crippen molar-refractivity contribution in [2.45, 2.75) is 0 Å². The smallest absolute Gasteiger partial charge is 0.146 e. The maximum Gasteiger partial charge on any atom is 0.146 e. The number of hydrogen-bond acceptors (Lipinski definition) is 4. The van der Waals surface area contributed by atoms with Gasteiger partial charge in [0.15, 0.2) is 0 Å². The third-order valence-electron chi connectivity index (χ3n) is 6.75. The second kappa shape index (κ2) is 10.2. The average molecular weight is 545 g/mol. The lowest BCUT2D eigenvalue weighted by atomic mass is 10.0. The summed E-state index contributed by atoms with van der Waals surface area (Å²) in [7, 11) is 1.47. The van der Waals surface area contributed by atoms with E-state index in [0.29, 0.717) is 39.0 Å². The van der Waals surface area contributed by atoms with Gasteiger partial charge in [-0.15, -0.1) is 0 Å². The third-order valence-corrected chi connectivity index (χ3v) is 6.75. The molecule has 0 unspecified atom stereocenters. The molecule has 1 N–H and O–H groups in total. The second-order valence-corrected chi connectivity index (χ2v) is 9.05. The molecule has 0 radical (unpaired) electrons. The molecule has 0 bridgehead atoms. The van der Waals surface area contributed by atoms with Crippen LogP contribution in [-0.4, -0.2) is 12.2 Å². The first-order valence-corrected chi connectivity index (χ1v) is 12.6. The molecule has 0 spiro atoms. The minimum atomic E-state index is -0.477. The summed E-state index contributed by atoms with van der Waals surface area (Å²) in [6.45, 7) is 0. The Bertz CT molecular complexity index is 2660. The lowest BCUT2D eigenvalue weighted by Gasteiger charge is -2.09. The number of aromatic hydroxyl groups is 1. The number of ether oxygens (including phenoxy) is 1. The van der Waals surface area contributed by atoms with Crippen LogP contribution in [-0.2, 0) is 0 Å². The first-order valence-electron chi connectivity index (χ1n) is 17.6. The van der Waals surface area contributed by atoms with E-state index in [0.717, 1.165) is 16.2 Å². The van der Waals surface area contributed by atoms with Gasteiger partial charge in [0.1, 0.15) is 33.8 Å². The molecule has 8 aromatic rings. The van der Waals surface area contributed by atoms with E-state index in [1.165, 1.54) is 13.2 Å². The molecule has 0 amide bonds. The van der Waals surface area contributed by atoms with Crippen molar-refractivity contribution in [2.24, 2.45) is 0 Å². The highest BCUT2D eigenvalue weighted by molar-refractivity contribution is 6.11. The van der Waals surface area contributed by atoms with Gasteiger partial charge in [0, 0.05) is 21.5 Å². The summed E-state index contributed by atoms with van der Waals surface area (Å²) in [5.74, 6) is 0.181. The molecule has 41 heavy (non-hydrogen) atoms. The fraction of sp³-hybridized carbons (Fsp3) is 0.0270. The molecule has 8 rings (SSSR count). The highest BCUT2D eigenvalue weighted by Gasteiger charge is 2.17. The van der Waals surface area contributed by atoms with Crippen LogP contribution in [0.5, 0.6) is 11.5 Å². The maximum absolute atomic E-state index is 10.4. The molecule has 2 aromatic heterocycles. The van der Waals surface area contributed by atoms with Crippen molar-refractivity contribution >= 4 is 43.9 Å². The number of phenols is 1. The van der Waals surface area contributed by atoms with E-state index < -0.39 is 36.3 Å². The van der Waals surface area contributed by atoms with Crippen LogP contribution in [0.1, 0.15) is 13.7 Å². The summed E-state index contributed by atoms with van der Waals surface area (Å²) >= 11 is 0. The van der Waals surface area contributed by atoms with Crippen LogP contribution >= 0.6 is 0 Å². The molecule has 4 nitrogen and oxygen atoms in total. The van der Waals surface area contributed by atoms with E-state index in [1.807, 2.05) is 48.5 Å². The van der Waals surface area contributed by atoms with Gasteiger partial charge in [-0.1, -0.05) is 96.8 Å². The highest BCUT2D eigenvalue weighted by Crippen LogP contribution is 2.42. The standard InChI is InChI=1S/C19H14O2.C18H12O2/c1-20-17-12-11-15-14-9-5-6-10-16(14)21-19(15)18(17)13-7-3-2-4-8-13;19-15-11-10-14-13-8-4-5-9-16(13)20-18(14)17(15)12-6-2-1-3-7-12/h2-12H,1H3;1-11,19H/i2D,3D,4D,7D,8D;1D,2D,3D,6D,7D. The van der Waals surface area contributed by atoms with E-state index in [4.69, 9.17) is 27.3 Å². The molecule has 0 fully saturated rings. The summed E-state index contributed by atoms with van der Waals surface area (Å²) in [5.41, 5.74) is 2.43.